The lowest BCUT2D eigenvalue weighted by Crippen LogP contribution is -2.54. The van der Waals surface area contributed by atoms with Crippen LogP contribution < -0.4 is 11.1 Å². The summed E-state index contributed by atoms with van der Waals surface area (Å²) in [6, 6.07) is 30.6. The number of carbonyl (C=O) groups is 1. The van der Waals surface area contributed by atoms with Gasteiger partial charge in [0.1, 0.15) is 5.54 Å². The standard InChI is InChI=1S/C27H27N3OS/c1-27(26(28)31,29-19-21-13-7-3-8-14-21)18-24-30-25(22-15-9-4-10-16-22)23(32-24)17-20-11-5-2-6-12-20/h2-16,29H,17-19H2,1H3,(H2,28,31). The van der Waals surface area contributed by atoms with Gasteiger partial charge < -0.3 is 5.73 Å². The van der Waals surface area contributed by atoms with Crippen LogP contribution in [0.3, 0.4) is 0 Å². The highest BCUT2D eigenvalue weighted by Gasteiger charge is 2.32. The van der Waals surface area contributed by atoms with Gasteiger partial charge in [0, 0.05) is 29.8 Å². The zero-order chi connectivity index (χ0) is 22.4. The minimum absolute atomic E-state index is 0.380. The van der Waals surface area contributed by atoms with Crippen LogP contribution in [0, 0.1) is 0 Å². The first-order valence-corrected chi connectivity index (χ1v) is 11.5. The second-order valence-corrected chi connectivity index (χ2v) is 9.29. The average molecular weight is 442 g/mol. The molecule has 0 aliphatic carbocycles. The third kappa shape index (κ3) is 5.31. The second kappa shape index (κ2) is 9.90. The van der Waals surface area contributed by atoms with E-state index in [-0.39, 0.29) is 5.91 Å². The SMILES string of the molecule is CC(Cc1nc(-c2ccccc2)c(Cc2ccccc2)s1)(NCc1ccccc1)C(N)=O. The topological polar surface area (TPSA) is 68.0 Å². The molecule has 3 N–H and O–H groups in total. The summed E-state index contributed by atoms with van der Waals surface area (Å²) < 4.78 is 0. The summed E-state index contributed by atoms with van der Waals surface area (Å²) in [6.07, 6.45) is 1.24. The summed E-state index contributed by atoms with van der Waals surface area (Å²) in [6.45, 7) is 2.42. The summed E-state index contributed by atoms with van der Waals surface area (Å²) in [7, 11) is 0. The number of aromatic nitrogens is 1. The molecule has 0 bridgehead atoms. The second-order valence-electron chi connectivity index (χ2n) is 8.12. The minimum Gasteiger partial charge on any atom is -0.368 e. The number of carbonyl (C=O) groups excluding carboxylic acids is 1. The Kier molecular flexibility index (Phi) is 6.78. The van der Waals surface area contributed by atoms with Crippen LogP contribution in [-0.4, -0.2) is 16.4 Å². The Morgan fingerprint density at radius 3 is 2.06 bits per heavy atom. The first-order chi connectivity index (χ1) is 15.5. The van der Waals surface area contributed by atoms with E-state index < -0.39 is 5.54 Å². The van der Waals surface area contributed by atoms with E-state index in [1.165, 1.54) is 10.4 Å². The van der Waals surface area contributed by atoms with Gasteiger partial charge in [-0.3, -0.25) is 10.1 Å². The van der Waals surface area contributed by atoms with Crippen molar-refractivity contribution < 1.29 is 4.79 Å². The number of hydrogen-bond acceptors (Lipinski definition) is 4. The Hall–Kier alpha value is -3.28. The molecule has 0 spiro atoms. The van der Waals surface area contributed by atoms with Crippen molar-refractivity contribution in [2.24, 2.45) is 5.73 Å². The van der Waals surface area contributed by atoms with Crippen LogP contribution in [-0.2, 0) is 24.2 Å². The molecule has 32 heavy (non-hydrogen) atoms. The van der Waals surface area contributed by atoms with Gasteiger partial charge >= 0.3 is 0 Å². The molecule has 1 amide bonds. The van der Waals surface area contributed by atoms with E-state index in [1.807, 2.05) is 61.5 Å². The molecule has 4 nitrogen and oxygen atoms in total. The van der Waals surface area contributed by atoms with Crippen LogP contribution in [0.5, 0.6) is 0 Å². The van der Waals surface area contributed by atoms with Gasteiger partial charge in [-0.25, -0.2) is 4.98 Å². The maximum Gasteiger partial charge on any atom is 0.237 e. The van der Waals surface area contributed by atoms with Crippen molar-refractivity contribution in [3.63, 3.8) is 0 Å². The highest BCUT2D eigenvalue weighted by Crippen LogP contribution is 2.32. The highest BCUT2D eigenvalue weighted by molar-refractivity contribution is 7.12. The summed E-state index contributed by atoms with van der Waals surface area (Å²) in [5.41, 5.74) is 9.34. The van der Waals surface area contributed by atoms with Crippen molar-refractivity contribution in [2.75, 3.05) is 0 Å². The van der Waals surface area contributed by atoms with Gasteiger partial charge in [-0.2, -0.15) is 0 Å². The summed E-state index contributed by atoms with van der Waals surface area (Å²) >= 11 is 1.66. The van der Waals surface area contributed by atoms with Gasteiger partial charge in [0.15, 0.2) is 0 Å². The van der Waals surface area contributed by atoms with Crippen LogP contribution in [0.1, 0.15) is 27.9 Å². The van der Waals surface area contributed by atoms with Crippen LogP contribution in [0.4, 0.5) is 0 Å². The van der Waals surface area contributed by atoms with Gasteiger partial charge in [-0.05, 0) is 18.1 Å². The fraction of sp³-hybridized carbons (Fsp3) is 0.185. The molecule has 0 aliphatic rings. The van der Waals surface area contributed by atoms with Gasteiger partial charge in [-0.1, -0.05) is 91.0 Å². The van der Waals surface area contributed by atoms with E-state index in [9.17, 15) is 4.79 Å². The van der Waals surface area contributed by atoms with E-state index in [0.29, 0.717) is 13.0 Å². The van der Waals surface area contributed by atoms with Gasteiger partial charge in [0.25, 0.3) is 0 Å². The molecule has 0 radical (unpaired) electrons. The number of nitrogens with two attached hydrogens (primary N) is 1. The number of hydrogen-bond donors (Lipinski definition) is 2. The van der Waals surface area contributed by atoms with E-state index in [0.717, 1.165) is 28.2 Å². The van der Waals surface area contributed by atoms with E-state index in [2.05, 4.69) is 41.7 Å². The molecular weight excluding hydrogens is 414 g/mol. The number of nitrogens with one attached hydrogen (secondary N) is 1. The smallest absolute Gasteiger partial charge is 0.237 e. The molecular formula is C27H27N3OS. The first kappa shape index (κ1) is 21.9. The third-order valence-corrected chi connectivity index (χ3v) is 6.63. The summed E-state index contributed by atoms with van der Waals surface area (Å²) in [4.78, 5) is 18.6. The number of thiazole rings is 1. The Labute approximate surface area is 193 Å². The maximum atomic E-state index is 12.4. The lowest BCUT2D eigenvalue weighted by Gasteiger charge is -2.26. The molecule has 4 rings (SSSR count). The fourth-order valence-corrected chi connectivity index (χ4v) is 4.91. The molecule has 4 aromatic rings. The average Bonchev–Trinajstić information content (AvgIpc) is 3.21. The van der Waals surface area contributed by atoms with Crippen LogP contribution in [0.25, 0.3) is 11.3 Å². The monoisotopic (exact) mass is 441 g/mol. The third-order valence-electron chi connectivity index (χ3n) is 5.57. The molecule has 0 saturated carbocycles. The zero-order valence-electron chi connectivity index (χ0n) is 18.1. The number of rotatable bonds is 9. The molecule has 1 atom stereocenters. The minimum atomic E-state index is -0.897. The molecule has 0 saturated heterocycles. The molecule has 162 valence electrons. The Bertz CT molecular complexity index is 1160. The fourth-order valence-electron chi connectivity index (χ4n) is 3.63. The quantitative estimate of drug-likeness (QED) is 0.385. The molecule has 3 aromatic carbocycles. The summed E-state index contributed by atoms with van der Waals surface area (Å²) in [5.74, 6) is -0.380. The Morgan fingerprint density at radius 2 is 1.47 bits per heavy atom. The van der Waals surface area contributed by atoms with Gasteiger partial charge in [0.2, 0.25) is 5.91 Å². The van der Waals surface area contributed by atoms with Gasteiger partial charge in [0.05, 0.1) is 10.7 Å². The van der Waals surface area contributed by atoms with Crippen molar-refractivity contribution in [3.8, 4) is 11.3 Å². The van der Waals surface area contributed by atoms with Crippen molar-refractivity contribution in [3.05, 3.63) is 112 Å². The number of primary amides is 1. The zero-order valence-corrected chi connectivity index (χ0v) is 18.9. The number of nitrogens with zero attached hydrogens (tertiary/aromatic N) is 1. The lowest BCUT2D eigenvalue weighted by atomic mass is 9.96. The van der Waals surface area contributed by atoms with Gasteiger partial charge in [-0.15, -0.1) is 11.3 Å². The predicted molar refractivity (Wildman–Crippen MR) is 131 cm³/mol. The molecule has 1 heterocycles. The Balaban J connectivity index is 1.62. The van der Waals surface area contributed by atoms with E-state index in [4.69, 9.17) is 10.7 Å². The number of benzene rings is 3. The lowest BCUT2D eigenvalue weighted by molar-refractivity contribution is -0.123. The molecule has 5 heteroatoms. The molecule has 1 aromatic heterocycles. The molecule has 0 fully saturated rings. The van der Waals surface area contributed by atoms with Crippen LogP contribution in [0.15, 0.2) is 91.0 Å². The van der Waals surface area contributed by atoms with Crippen molar-refractivity contribution in [2.45, 2.75) is 31.8 Å². The van der Waals surface area contributed by atoms with E-state index >= 15 is 0 Å². The molecule has 1 unspecified atom stereocenters. The highest BCUT2D eigenvalue weighted by atomic mass is 32.1. The largest absolute Gasteiger partial charge is 0.368 e. The predicted octanol–water partition coefficient (Wildman–Crippen LogP) is 4.98. The van der Waals surface area contributed by atoms with Crippen LogP contribution in [0.2, 0.25) is 0 Å². The van der Waals surface area contributed by atoms with Crippen molar-refractivity contribution in [1.82, 2.24) is 10.3 Å². The first-order valence-electron chi connectivity index (χ1n) is 10.7. The van der Waals surface area contributed by atoms with E-state index in [1.54, 1.807) is 11.3 Å². The molecule has 0 aliphatic heterocycles. The summed E-state index contributed by atoms with van der Waals surface area (Å²) in [5, 5.41) is 4.27. The number of amides is 1. The van der Waals surface area contributed by atoms with Crippen LogP contribution >= 0.6 is 11.3 Å². The Morgan fingerprint density at radius 1 is 0.906 bits per heavy atom. The van der Waals surface area contributed by atoms with Crippen molar-refractivity contribution >= 4 is 17.2 Å². The van der Waals surface area contributed by atoms with Crippen molar-refractivity contribution in [1.29, 1.82) is 0 Å². The maximum absolute atomic E-state index is 12.4. The normalized spacial score (nSPS) is 12.9.